The molecule has 0 aliphatic rings. The van der Waals surface area contributed by atoms with Crippen molar-refractivity contribution >= 4 is 29.0 Å². The monoisotopic (exact) mass is 313 g/mol. The standard InChI is InChI=1S/C16H19N5O2/c1-10(2)19-16(23)14-8-15(18-9-17-14)21-13-6-4-12(5-7-13)20-11(3)22/h4-10H,1-3H3,(H,19,23)(H,20,22)(H,17,18,21). The highest BCUT2D eigenvalue weighted by molar-refractivity contribution is 5.93. The molecule has 23 heavy (non-hydrogen) atoms. The fraction of sp³-hybridized carbons (Fsp3) is 0.250. The maximum atomic E-state index is 11.9. The molecule has 0 unspecified atom stereocenters. The zero-order valence-electron chi connectivity index (χ0n) is 13.3. The third kappa shape index (κ3) is 5.06. The van der Waals surface area contributed by atoms with Gasteiger partial charge < -0.3 is 16.0 Å². The Morgan fingerprint density at radius 3 is 2.30 bits per heavy atom. The third-order valence-electron chi connectivity index (χ3n) is 2.80. The molecule has 0 radical (unpaired) electrons. The fourth-order valence-electron chi connectivity index (χ4n) is 1.87. The number of benzene rings is 1. The van der Waals surface area contributed by atoms with Gasteiger partial charge in [-0.2, -0.15) is 0 Å². The Labute approximate surface area is 134 Å². The Balaban J connectivity index is 2.08. The molecule has 0 aliphatic carbocycles. The van der Waals surface area contributed by atoms with Gasteiger partial charge in [-0.05, 0) is 38.1 Å². The molecule has 1 aromatic carbocycles. The van der Waals surface area contributed by atoms with Crippen LogP contribution in [0.5, 0.6) is 0 Å². The Bertz CT molecular complexity index is 698. The molecule has 0 spiro atoms. The highest BCUT2D eigenvalue weighted by Gasteiger charge is 2.09. The van der Waals surface area contributed by atoms with E-state index in [2.05, 4.69) is 25.9 Å². The summed E-state index contributed by atoms with van der Waals surface area (Å²) in [5.74, 6) is 0.148. The van der Waals surface area contributed by atoms with Gasteiger partial charge in [-0.1, -0.05) is 0 Å². The highest BCUT2D eigenvalue weighted by atomic mass is 16.2. The topological polar surface area (TPSA) is 96.0 Å². The van der Waals surface area contributed by atoms with Crippen molar-refractivity contribution in [2.75, 3.05) is 10.6 Å². The van der Waals surface area contributed by atoms with Crippen LogP contribution in [0.25, 0.3) is 0 Å². The maximum Gasteiger partial charge on any atom is 0.270 e. The lowest BCUT2D eigenvalue weighted by Crippen LogP contribution is -2.30. The first kappa shape index (κ1) is 16.4. The lowest BCUT2D eigenvalue weighted by atomic mass is 10.2. The van der Waals surface area contributed by atoms with Gasteiger partial charge in [0.05, 0.1) is 0 Å². The molecule has 1 heterocycles. The lowest BCUT2D eigenvalue weighted by molar-refractivity contribution is -0.114. The molecular formula is C16H19N5O2. The molecule has 0 saturated heterocycles. The van der Waals surface area contributed by atoms with Crippen LogP contribution in [0.15, 0.2) is 36.7 Å². The summed E-state index contributed by atoms with van der Waals surface area (Å²) in [6, 6.07) is 8.78. The molecule has 3 N–H and O–H groups in total. The van der Waals surface area contributed by atoms with Crippen LogP contribution >= 0.6 is 0 Å². The van der Waals surface area contributed by atoms with E-state index in [0.29, 0.717) is 17.2 Å². The van der Waals surface area contributed by atoms with Gasteiger partial charge in [0, 0.05) is 30.4 Å². The third-order valence-corrected chi connectivity index (χ3v) is 2.80. The Morgan fingerprint density at radius 1 is 1.04 bits per heavy atom. The van der Waals surface area contributed by atoms with Crippen molar-refractivity contribution in [2.45, 2.75) is 26.8 Å². The quantitative estimate of drug-likeness (QED) is 0.787. The number of amides is 2. The van der Waals surface area contributed by atoms with E-state index >= 15 is 0 Å². The first-order valence-electron chi connectivity index (χ1n) is 7.21. The molecule has 7 heteroatoms. The van der Waals surface area contributed by atoms with Gasteiger partial charge in [0.1, 0.15) is 17.8 Å². The first-order valence-corrected chi connectivity index (χ1v) is 7.21. The van der Waals surface area contributed by atoms with Gasteiger partial charge in [-0.25, -0.2) is 9.97 Å². The summed E-state index contributed by atoms with van der Waals surface area (Å²) >= 11 is 0. The second-order valence-corrected chi connectivity index (χ2v) is 5.30. The van der Waals surface area contributed by atoms with Gasteiger partial charge in [0.15, 0.2) is 0 Å². The van der Waals surface area contributed by atoms with E-state index in [-0.39, 0.29) is 17.9 Å². The molecule has 0 aliphatic heterocycles. The summed E-state index contributed by atoms with van der Waals surface area (Å²) in [5, 5.41) is 8.56. The number of nitrogens with zero attached hydrogens (tertiary/aromatic N) is 2. The molecule has 2 aromatic rings. The Kier molecular flexibility index (Phi) is 5.24. The predicted molar refractivity (Wildman–Crippen MR) is 88.7 cm³/mol. The van der Waals surface area contributed by atoms with Gasteiger partial charge in [0.25, 0.3) is 5.91 Å². The van der Waals surface area contributed by atoms with Gasteiger partial charge in [-0.15, -0.1) is 0 Å². The number of anilines is 3. The fourth-order valence-corrected chi connectivity index (χ4v) is 1.87. The maximum absolute atomic E-state index is 11.9. The van der Waals surface area contributed by atoms with Gasteiger partial charge in [-0.3, -0.25) is 9.59 Å². The van der Waals surface area contributed by atoms with Crippen molar-refractivity contribution in [1.82, 2.24) is 15.3 Å². The van der Waals surface area contributed by atoms with Gasteiger partial charge in [0.2, 0.25) is 5.91 Å². The molecule has 2 amide bonds. The highest BCUT2D eigenvalue weighted by Crippen LogP contribution is 2.17. The van der Waals surface area contributed by atoms with Crippen molar-refractivity contribution in [2.24, 2.45) is 0 Å². The van der Waals surface area contributed by atoms with Crippen LogP contribution in [0, 0.1) is 0 Å². The van der Waals surface area contributed by atoms with Crippen molar-refractivity contribution in [3.8, 4) is 0 Å². The summed E-state index contributed by atoms with van der Waals surface area (Å²) in [4.78, 5) is 31.0. The van der Waals surface area contributed by atoms with Crippen LogP contribution in [0.4, 0.5) is 17.2 Å². The lowest BCUT2D eigenvalue weighted by Gasteiger charge is -2.10. The number of nitrogens with one attached hydrogen (secondary N) is 3. The molecule has 0 atom stereocenters. The van der Waals surface area contributed by atoms with E-state index in [4.69, 9.17) is 0 Å². The predicted octanol–water partition coefficient (Wildman–Crippen LogP) is 2.32. The molecule has 7 nitrogen and oxygen atoms in total. The van der Waals surface area contributed by atoms with Crippen molar-refractivity contribution in [3.63, 3.8) is 0 Å². The SMILES string of the molecule is CC(=O)Nc1ccc(Nc2cc(C(=O)NC(C)C)ncn2)cc1. The molecule has 1 aromatic heterocycles. The Hall–Kier alpha value is -2.96. The number of rotatable bonds is 5. The van der Waals surface area contributed by atoms with E-state index in [1.165, 1.54) is 13.3 Å². The van der Waals surface area contributed by atoms with Crippen LogP contribution in [0.2, 0.25) is 0 Å². The summed E-state index contributed by atoms with van der Waals surface area (Å²) in [7, 11) is 0. The van der Waals surface area contributed by atoms with E-state index < -0.39 is 0 Å². The summed E-state index contributed by atoms with van der Waals surface area (Å²) in [6.45, 7) is 5.22. The molecule has 120 valence electrons. The van der Waals surface area contributed by atoms with E-state index in [1.807, 2.05) is 13.8 Å². The van der Waals surface area contributed by atoms with Crippen LogP contribution in [0.3, 0.4) is 0 Å². The molecule has 0 fully saturated rings. The van der Waals surface area contributed by atoms with Crippen molar-refractivity contribution in [3.05, 3.63) is 42.4 Å². The smallest absolute Gasteiger partial charge is 0.270 e. The van der Waals surface area contributed by atoms with Crippen LogP contribution < -0.4 is 16.0 Å². The number of carbonyl (C=O) groups is 2. The van der Waals surface area contributed by atoms with Crippen LogP contribution in [-0.4, -0.2) is 27.8 Å². The molecule has 2 rings (SSSR count). The minimum absolute atomic E-state index is 0.0372. The van der Waals surface area contributed by atoms with Gasteiger partial charge >= 0.3 is 0 Å². The zero-order chi connectivity index (χ0) is 16.8. The zero-order valence-corrected chi connectivity index (χ0v) is 13.3. The second-order valence-electron chi connectivity index (χ2n) is 5.30. The van der Waals surface area contributed by atoms with Crippen LogP contribution in [-0.2, 0) is 4.79 Å². The first-order chi connectivity index (χ1) is 10.9. The van der Waals surface area contributed by atoms with Crippen molar-refractivity contribution in [1.29, 1.82) is 0 Å². The summed E-state index contributed by atoms with van der Waals surface area (Å²) in [5.41, 5.74) is 1.79. The molecule has 0 saturated carbocycles. The largest absolute Gasteiger partial charge is 0.349 e. The molecule has 0 bridgehead atoms. The van der Waals surface area contributed by atoms with E-state index in [1.54, 1.807) is 30.3 Å². The van der Waals surface area contributed by atoms with Crippen molar-refractivity contribution < 1.29 is 9.59 Å². The summed E-state index contributed by atoms with van der Waals surface area (Å²) < 4.78 is 0. The summed E-state index contributed by atoms with van der Waals surface area (Å²) in [6.07, 6.45) is 1.34. The number of hydrogen-bond acceptors (Lipinski definition) is 5. The average molecular weight is 313 g/mol. The minimum Gasteiger partial charge on any atom is -0.349 e. The normalized spacial score (nSPS) is 10.3. The van der Waals surface area contributed by atoms with E-state index in [0.717, 1.165) is 5.69 Å². The Morgan fingerprint density at radius 2 is 1.70 bits per heavy atom. The average Bonchev–Trinajstić information content (AvgIpc) is 2.48. The number of hydrogen-bond donors (Lipinski definition) is 3. The van der Waals surface area contributed by atoms with Crippen LogP contribution in [0.1, 0.15) is 31.3 Å². The van der Waals surface area contributed by atoms with E-state index in [9.17, 15) is 9.59 Å². The molecular weight excluding hydrogens is 294 g/mol. The minimum atomic E-state index is -0.244. The number of aromatic nitrogens is 2. The number of carbonyl (C=O) groups excluding carboxylic acids is 2. The second kappa shape index (κ2) is 7.35.